The van der Waals surface area contributed by atoms with Crippen molar-refractivity contribution in [3.8, 4) is 5.75 Å². The molecule has 0 radical (unpaired) electrons. The molecule has 1 heterocycles. The van der Waals surface area contributed by atoms with Gasteiger partial charge in [0.25, 0.3) is 0 Å². The van der Waals surface area contributed by atoms with Crippen molar-refractivity contribution in [2.45, 2.75) is 51.3 Å². The summed E-state index contributed by atoms with van der Waals surface area (Å²) >= 11 is 0. The van der Waals surface area contributed by atoms with Gasteiger partial charge < -0.3 is 20.1 Å². The number of amides is 1. The molecule has 1 saturated heterocycles. The van der Waals surface area contributed by atoms with Gasteiger partial charge >= 0.3 is 6.09 Å². The standard InChI is InChI=1S/C17H26N2O3/c1-17(2,3)22-16(20)19-12-9-10-18-14(11-12)13-7-5-6-8-15(13)21-4/h5-8,12,14,18H,9-11H2,1-4H3,(H,19,20). The molecule has 2 N–H and O–H groups in total. The number of carbonyl (C=O) groups is 1. The zero-order chi connectivity index (χ0) is 16.2. The fourth-order valence-corrected chi connectivity index (χ4v) is 2.71. The number of hydrogen-bond donors (Lipinski definition) is 2. The Labute approximate surface area is 132 Å². The van der Waals surface area contributed by atoms with Crippen LogP contribution in [0.5, 0.6) is 5.75 Å². The number of carbonyl (C=O) groups excluding carboxylic acids is 1. The largest absolute Gasteiger partial charge is 0.496 e. The second-order valence-electron chi connectivity index (χ2n) is 6.62. The lowest BCUT2D eigenvalue weighted by molar-refractivity contribution is 0.0490. The normalized spacial score (nSPS) is 22.0. The molecule has 1 aliphatic rings. The molecule has 2 rings (SSSR count). The van der Waals surface area contributed by atoms with Crippen LogP contribution in [-0.4, -0.2) is 31.4 Å². The minimum absolute atomic E-state index is 0.103. The number of piperidine rings is 1. The zero-order valence-corrected chi connectivity index (χ0v) is 13.8. The van der Waals surface area contributed by atoms with Crippen molar-refractivity contribution in [2.75, 3.05) is 13.7 Å². The van der Waals surface area contributed by atoms with Crippen LogP contribution in [0.15, 0.2) is 24.3 Å². The smallest absolute Gasteiger partial charge is 0.407 e. The van der Waals surface area contributed by atoms with Crippen LogP contribution < -0.4 is 15.4 Å². The Balaban J connectivity index is 1.98. The highest BCUT2D eigenvalue weighted by molar-refractivity contribution is 5.68. The topological polar surface area (TPSA) is 59.6 Å². The van der Waals surface area contributed by atoms with E-state index >= 15 is 0 Å². The van der Waals surface area contributed by atoms with Crippen LogP contribution in [0.4, 0.5) is 4.79 Å². The average molecular weight is 306 g/mol. The van der Waals surface area contributed by atoms with Gasteiger partial charge in [-0.3, -0.25) is 0 Å². The van der Waals surface area contributed by atoms with Gasteiger partial charge in [-0.25, -0.2) is 4.79 Å². The Morgan fingerprint density at radius 2 is 2.05 bits per heavy atom. The van der Waals surface area contributed by atoms with Crippen LogP contribution in [0.25, 0.3) is 0 Å². The molecule has 0 saturated carbocycles. The molecular weight excluding hydrogens is 280 g/mol. The monoisotopic (exact) mass is 306 g/mol. The van der Waals surface area contributed by atoms with Crippen molar-refractivity contribution >= 4 is 6.09 Å². The van der Waals surface area contributed by atoms with Crippen LogP contribution in [-0.2, 0) is 4.74 Å². The molecule has 2 unspecified atom stereocenters. The summed E-state index contributed by atoms with van der Waals surface area (Å²) in [6, 6.07) is 8.26. The van der Waals surface area contributed by atoms with Gasteiger partial charge in [0.05, 0.1) is 7.11 Å². The molecule has 1 aromatic carbocycles. The van der Waals surface area contributed by atoms with E-state index in [1.165, 1.54) is 0 Å². The van der Waals surface area contributed by atoms with Gasteiger partial charge in [-0.05, 0) is 46.2 Å². The van der Waals surface area contributed by atoms with Gasteiger partial charge in [0.2, 0.25) is 0 Å². The van der Waals surface area contributed by atoms with Gasteiger partial charge in [-0.15, -0.1) is 0 Å². The van der Waals surface area contributed by atoms with E-state index in [1.54, 1.807) is 7.11 Å². The summed E-state index contributed by atoms with van der Waals surface area (Å²) in [7, 11) is 1.68. The predicted molar refractivity (Wildman–Crippen MR) is 86.1 cm³/mol. The lowest BCUT2D eigenvalue weighted by Crippen LogP contribution is -2.45. The van der Waals surface area contributed by atoms with E-state index in [9.17, 15) is 4.79 Å². The highest BCUT2D eigenvalue weighted by atomic mass is 16.6. The minimum Gasteiger partial charge on any atom is -0.496 e. The lowest BCUT2D eigenvalue weighted by Gasteiger charge is -2.32. The van der Waals surface area contributed by atoms with Crippen LogP contribution in [0.2, 0.25) is 0 Å². The number of para-hydroxylation sites is 1. The summed E-state index contributed by atoms with van der Waals surface area (Å²) in [4.78, 5) is 11.9. The summed E-state index contributed by atoms with van der Waals surface area (Å²) in [6.07, 6.45) is 1.36. The Morgan fingerprint density at radius 3 is 2.73 bits per heavy atom. The number of benzene rings is 1. The molecule has 22 heavy (non-hydrogen) atoms. The van der Waals surface area contributed by atoms with Crippen molar-refractivity contribution in [3.63, 3.8) is 0 Å². The molecule has 1 aliphatic heterocycles. The van der Waals surface area contributed by atoms with E-state index < -0.39 is 5.60 Å². The van der Waals surface area contributed by atoms with E-state index in [0.29, 0.717) is 0 Å². The number of hydrogen-bond acceptors (Lipinski definition) is 4. The molecule has 0 aromatic heterocycles. The third kappa shape index (κ3) is 4.63. The zero-order valence-electron chi connectivity index (χ0n) is 13.8. The fraction of sp³-hybridized carbons (Fsp3) is 0.588. The maximum atomic E-state index is 11.9. The Kier molecular flexibility index (Phi) is 5.29. The second kappa shape index (κ2) is 7.01. The number of methoxy groups -OCH3 is 1. The highest BCUT2D eigenvalue weighted by Gasteiger charge is 2.27. The Morgan fingerprint density at radius 1 is 1.32 bits per heavy atom. The average Bonchev–Trinajstić information content (AvgIpc) is 2.45. The highest BCUT2D eigenvalue weighted by Crippen LogP contribution is 2.30. The van der Waals surface area contributed by atoms with Crippen molar-refractivity contribution < 1.29 is 14.3 Å². The molecule has 2 atom stereocenters. The Bertz CT molecular complexity index is 511. The first-order valence-electron chi connectivity index (χ1n) is 7.75. The summed E-state index contributed by atoms with van der Waals surface area (Å²) in [5, 5.41) is 6.46. The molecular formula is C17H26N2O3. The first-order valence-corrected chi connectivity index (χ1v) is 7.75. The first kappa shape index (κ1) is 16.6. The minimum atomic E-state index is -0.473. The van der Waals surface area contributed by atoms with Gasteiger partial charge in [-0.1, -0.05) is 18.2 Å². The number of ether oxygens (including phenoxy) is 2. The second-order valence-corrected chi connectivity index (χ2v) is 6.62. The van der Waals surface area contributed by atoms with E-state index in [-0.39, 0.29) is 18.2 Å². The SMILES string of the molecule is COc1ccccc1C1CC(NC(=O)OC(C)(C)C)CCN1. The molecule has 1 aromatic rings. The first-order chi connectivity index (χ1) is 10.4. The lowest BCUT2D eigenvalue weighted by atomic mass is 9.93. The van der Waals surface area contributed by atoms with Gasteiger partial charge in [0.15, 0.2) is 0 Å². The van der Waals surface area contributed by atoms with Crippen molar-refractivity contribution in [1.29, 1.82) is 0 Å². The van der Waals surface area contributed by atoms with Gasteiger partial charge in [0, 0.05) is 17.6 Å². The number of alkyl carbamates (subject to hydrolysis) is 1. The van der Waals surface area contributed by atoms with E-state index in [0.717, 1.165) is 30.7 Å². The molecule has 5 heteroatoms. The van der Waals surface area contributed by atoms with E-state index in [4.69, 9.17) is 9.47 Å². The van der Waals surface area contributed by atoms with Crippen molar-refractivity contribution in [1.82, 2.24) is 10.6 Å². The summed E-state index contributed by atoms with van der Waals surface area (Å²) in [6.45, 7) is 6.45. The maximum absolute atomic E-state index is 11.9. The van der Waals surface area contributed by atoms with Crippen molar-refractivity contribution in [2.24, 2.45) is 0 Å². The predicted octanol–water partition coefficient (Wildman–Crippen LogP) is 3.01. The van der Waals surface area contributed by atoms with E-state index in [2.05, 4.69) is 16.7 Å². The third-order valence-electron chi connectivity index (χ3n) is 3.64. The Hall–Kier alpha value is -1.75. The van der Waals surface area contributed by atoms with E-state index in [1.807, 2.05) is 39.0 Å². The maximum Gasteiger partial charge on any atom is 0.407 e. The molecule has 0 aliphatic carbocycles. The number of rotatable bonds is 3. The summed E-state index contributed by atoms with van der Waals surface area (Å²) in [5.41, 5.74) is 0.652. The molecule has 0 bridgehead atoms. The van der Waals surface area contributed by atoms with Gasteiger partial charge in [0.1, 0.15) is 11.4 Å². The fourth-order valence-electron chi connectivity index (χ4n) is 2.71. The summed E-state index contributed by atoms with van der Waals surface area (Å²) < 4.78 is 10.8. The summed E-state index contributed by atoms with van der Waals surface area (Å²) in [5.74, 6) is 0.873. The van der Waals surface area contributed by atoms with Crippen molar-refractivity contribution in [3.05, 3.63) is 29.8 Å². The molecule has 0 spiro atoms. The van der Waals surface area contributed by atoms with Crippen LogP contribution in [0.1, 0.15) is 45.2 Å². The van der Waals surface area contributed by atoms with Gasteiger partial charge in [-0.2, -0.15) is 0 Å². The third-order valence-corrected chi connectivity index (χ3v) is 3.64. The molecule has 122 valence electrons. The van der Waals surface area contributed by atoms with Crippen LogP contribution >= 0.6 is 0 Å². The molecule has 1 amide bonds. The van der Waals surface area contributed by atoms with Crippen LogP contribution in [0.3, 0.4) is 0 Å². The number of nitrogens with one attached hydrogen (secondary N) is 2. The molecule has 5 nitrogen and oxygen atoms in total. The quantitative estimate of drug-likeness (QED) is 0.901. The molecule has 1 fully saturated rings. The van der Waals surface area contributed by atoms with Crippen LogP contribution in [0, 0.1) is 0 Å².